The van der Waals surface area contributed by atoms with Gasteiger partial charge in [0.25, 0.3) is 0 Å². The highest BCUT2D eigenvalue weighted by Crippen LogP contribution is 2.55. The highest BCUT2D eigenvalue weighted by Gasteiger charge is 2.60. The lowest BCUT2D eigenvalue weighted by atomic mass is 9.53. The quantitative estimate of drug-likeness (QED) is 0.864. The topological polar surface area (TPSA) is 70.4 Å². The zero-order valence-corrected chi connectivity index (χ0v) is 11.7. The molecule has 1 aliphatic carbocycles. The second-order valence-corrected chi connectivity index (χ2v) is 6.56. The summed E-state index contributed by atoms with van der Waals surface area (Å²) in [6, 6.07) is 0. The van der Waals surface area contributed by atoms with E-state index in [0.29, 0.717) is 17.8 Å². The van der Waals surface area contributed by atoms with Crippen molar-refractivity contribution in [2.24, 2.45) is 11.3 Å². The van der Waals surface area contributed by atoms with Crippen LogP contribution in [0.3, 0.4) is 0 Å². The van der Waals surface area contributed by atoms with Gasteiger partial charge in [0.2, 0.25) is 0 Å². The number of rotatable bonds is 2. The lowest BCUT2D eigenvalue weighted by molar-refractivity contribution is -0.158. The number of hydrogen-bond donors (Lipinski definition) is 2. The van der Waals surface area contributed by atoms with E-state index in [-0.39, 0.29) is 5.92 Å². The number of aliphatic carboxylic acids is 1. The lowest BCUT2D eigenvalue weighted by Crippen LogP contribution is -2.57. The predicted molar refractivity (Wildman–Crippen MR) is 69.6 cm³/mol. The summed E-state index contributed by atoms with van der Waals surface area (Å²) in [6.45, 7) is 5.78. The van der Waals surface area contributed by atoms with Crippen molar-refractivity contribution in [1.82, 2.24) is 4.98 Å². The Bertz CT molecular complexity index is 443. The molecule has 3 atom stereocenters. The first-order valence-corrected chi connectivity index (χ1v) is 7.03. The predicted octanol–water partition coefficient (Wildman–Crippen LogP) is 2.28. The van der Waals surface area contributed by atoms with Gasteiger partial charge in [-0.25, -0.2) is 4.98 Å². The van der Waals surface area contributed by atoms with Crippen LogP contribution in [0.1, 0.15) is 38.6 Å². The average Bonchev–Trinajstić information content (AvgIpc) is 2.80. The zero-order chi connectivity index (χ0) is 13.6. The maximum atomic E-state index is 11.9. The summed E-state index contributed by atoms with van der Waals surface area (Å²) < 4.78 is 0. The van der Waals surface area contributed by atoms with Crippen LogP contribution in [0.5, 0.6) is 0 Å². The van der Waals surface area contributed by atoms with Crippen LogP contribution in [-0.4, -0.2) is 27.3 Å². The maximum absolute atomic E-state index is 11.9. The molecule has 0 saturated heterocycles. The van der Waals surface area contributed by atoms with Gasteiger partial charge < -0.3 is 10.2 Å². The van der Waals surface area contributed by atoms with Crippen LogP contribution in [0.15, 0.2) is 11.6 Å². The fourth-order valence-electron chi connectivity index (χ4n) is 3.10. The lowest BCUT2D eigenvalue weighted by Gasteiger charge is -2.51. The standard InChI is InChI=1S/C13H19NO3S/c1-8-9(15)4-5-13(11(16)17,12(8,2)3)10-14-6-7-18-10/h6-9,15H,4-5H2,1-3H3,(H,16,17). The Hall–Kier alpha value is -0.940. The Morgan fingerprint density at radius 1 is 1.56 bits per heavy atom. The molecule has 0 bridgehead atoms. The van der Waals surface area contributed by atoms with Crippen LogP contribution in [-0.2, 0) is 10.2 Å². The van der Waals surface area contributed by atoms with Gasteiger partial charge in [-0.05, 0) is 24.2 Å². The van der Waals surface area contributed by atoms with E-state index in [1.165, 1.54) is 11.3 Å². The second-order valence-electron chi connectivity index (χ2n) is 5.66. The molecule has 3 unspecified atom stereocenters. The number of aliphatic hydroxyl groups is 1. The van der Waals surface area contributed by atoms with Crippen LogP contribution < -0.4 is 0 Å². The number of aliphatic hydroxyl groups excluding tert-OH is 1. The highest BCUT2D eigenvalue weighted by molar-refractivity contribution is 7.09. The summed E-state index contributed by atoms with van der Waals surface area (Å²) in [7, 11) is 0. The van der Waals surface area contributed by atoms with Crippen LogP contribution in [0, 0.1) is 11.3 Å². The van der Waals surface area contributed by atoms with Gasteiger partial charge in [0, 0.05) is 11.6 Å². The maximum Gasteiger partial charge on any atom is 0.317 e. The first kappa shape index (κ1) is 13.5. The van der Waals surface area contributed by atoms with Gasteiger partial charge >= 0.3 is 5.97 Å². The SMILES string of the molecule is CC1C(O)CCC(C(=O)O)(c2nccs2)C1(C)C. The molecular formula is C13H19NO3S. The molecule has 1 heterocycles. The Morgan fingerprint density at radius 2 is 2.22 bits per heavy atom. The van der Waals surface area contributed by atoms with Gasteiger partial charge in [-0.2, -0.15) is 0 Å². The number of carbonyl (C=O) groups is 1. The van der Waals surface area contributed by atoms with Crippen molar-refractivity contribution in [3.05, 3.63) is 16.6 Å². The average molecular weight is 269 g/mol. The third-order valence-electron chi connectivity index (χ3n) is 4.79. The van der Waals surface area contributed by atoms with Crippen LogP contribution in [0.2, 0.25) is 0 Å². The number of thiazole rings is 1. The van der Waals surface area contributed by atoms with Gasteiger partial charge in [-0.1, -0.05) is 20.8 Å². The Labute approximate surface area is 111 Å². The minimum Gasteiger partial charge on any atom is -0.480 e. The molecule has 5 heteroatoms. The van der Waals surface area contributed by atoms with Crippen molar-refractivity contribution in [3.63, 3.8) is 0 Å². The number of carboxylic acids is 1. The van der Waals surface area contributed by atoms with E-state index in [0.717, 1.165) is 0 Å². The van der Waals surface area contributed by atoms with Crippen molar-refractivity contribution >= 4 is 17.3 Å². The monoisotopic (exact) mass is 269 g/mol. The molecule has 0 radical (unpaired) electrons. The largest absolute Gasteiger partial charge is 0.480 e. The van der Waals surface area contributed by atoms with Gasteiger partial charge in [-0.3, -0.25) is 4.79 Å². The summed E-state index contributed by atoms with van der Waals surface area (Å²) in [4.78, 5) is 16.2. The van der Waals surface area contributed by atoms with Crippen molar-refractivity contribution < 1.29 is 15.0 Å². The molecule has 1 aliphatic rings. The molecule has 1 saturated carbocycles. The van der Waals surface area contributed by atoms with E-state index in [9.17, 15) is 15.0 Å². The first-order valence-electron chi connectivity index (χ1n) is 6.15. The summed E-state index contributed by atoms with van der Waals surface area (Å²) >= 11 is 1.39. The number of carboxylic acid groups (broad SMARTS) is 1. The molecule has 0 amide bonds. The van der Waals surface area contributed by atoms with Crippen LogP contribution in [0.25, 0.3) is 0 Å². The van der Waals surface area contributed by atoms with E-state index < -0.39 is 22.9 Å². The second kappa shape index (κ2) is 4.31. The highest BCUT2D eigenvalue weighted by atomic mass is 32.1. The van der Waals surface area contributed by atoms with Crippen molar-refractivity contribution in [2.75, 3.05) is 0 Å². The summed E-state index contributed by atoms with van der Waals surface area (Å²) in [5.74, 6) is -0.910. The Morgan fingerprint density at radius 3 is 2.72 bits per heavy atom. The van der Waals surface area contributed by atoms with Gasteiger partial charge in [0.1, 0.15) is 10.4 Å². The minimum absolute atomic E-state index is 0.0775. The molecule has 0 aliphatic heterocycles. The fraction of sp³-hybridized carbons (Fsp3) is 0.692. The number of aromatic nitrogens is 1. The van der Waals surface area contributed by atoms with Gasteiger partial charge in [-0.15, -0.1) is 11.3 Å². The van der Waals surface area contributed by atoms with E-state index in [1.54, 1.807) is 6.20 Å². The third kappa shape index (κ3) is 1.61. The smallest absolute Gasteiger partial charge is 0.317 e. The molecule has 0 aromatic carbocycles. The summed E-state index contributed by atoms with van der Waals surface area (Å²) in [5, 5.41) is 22.3. The molecule has 4 nitrogen and oxygen atoms in total. The third-order valence-corrected chi connectivity index (χ3v) is 5.73. The number of nitrogens with zero attached hydrogens (tertiary/aromatic N) is 1. The molecule has 1 aromatic rings. The van der Waals surface area contributed by atoms with Crippen LogP contribution in [0.4, 0.5) is 0 Å². The Kier molecular flexibility index (Phi) is 3.23. The summed E-state index contributed by atoms with van der Waals surface area (Å²) in [6.07, 6.45) is 2.16. The molecule has 2 N–H and O–H groups in total. The first-order chi connectivity index (χ1) is 8.34. The van der Waals surface area contributed by atoms with Crippen LogP contribution >= 0.6 is 11.3 Å². The minimum atomic E-state index is -0.986. The molecule has 2 rings (SSSR count). The summed E-state index contributed by atoms with van der Waals surface area (Å²) in [5.41, 5.74) is -1.52. The van der Waals surface area contributed by atoms with Gasteiger partial charge in [0.15, 0.2) is 0 Å². The molecule has 100 valence electrons. The van der Waals surface area contributed by atoms with Gasteiger partial charge in [0.05, 0.1) is 6.10 Å². The fourth-order valence-corrected chi connectivity index (χ4v) is 4.12. The van der Waals surface area contributed by atoms with Crippen molar-refractivity contribution in [1.29, 1.82) is 0 Å². The van der Waals surface area contributed by atoms with Crippen molar-refractivity contribution in [2.45, 2.75) is 45.1 Å². The molecule has 1 aromatic heterocycles. The zero-order valence-electron chi connectivity index (χ0n) is 10.9. The number of hydrogen-bond acceptors (Lipinski definition) is 4. The van der Waals surface area contributed by atoms with E-state index >= 15 is 0 Å². The van der Waals surface area contributed by atoms with E-state index in [2.05, 4.69) is 4.98 Å². The molecular weight excluding hydrogens is 250 g/mol. The Balaban J connectivity index is 2.58. The van der Waals surface area contributed by atoms with Crippen molar-refractivity contribution in [3.8, 4) is 0 Å². The molecule has 0 spiro atoms. The van der Waals surface area contributed by atoms with E-state index in [1.807, 2.05) is 26.2 Å². The molecule has 18 heavy (non-hydrogen) atoms. The normalized spacial score (nSPS) is 35.3. The van der Waals surface area contributed by atoms with E-state index in [4.69, 9.17) is 0 Å². The molecule has 1 fully saturated rings.